The maximum absolute atomic E-state index is 6.11. The van der Waals surface area contributed by atoms with Gasteiger partial charge in [-0.05, 0) is 22.0 Å². The molecule has 0 spiro atoms. The van der Waals surface area contributed by atoms with E-state index in [1.165, 1.54) is 4.88 Å². The Balaban J connectivity index is 2.03. The topological polar surface area (TPSA) is 47.3 Å². The largest absolute Gasteiger partial charge is 0.374 e. The average Bonchev–Trinajstić information content (AvgIpc) is 2.65. The molecular formula is C9H13BrN2OS. The van der Waals surface area contributed by atoms with Gasteiger partial charge in [0.15, 0.2) is 0 Å². The van der Waals surface area contributed by atoms with Crippen LogP contribution in [0, 0.1) is 0 Å². The Labute approximate surface area is 95.8 Å². The van der Waals surface area contributed by atoms with Crippen molar-refractivity contribution in [1.82, 2.24) is 5.32 Å². The van der Waals surface area contributed by atoms with E-state index in [-0.39, 0.29) is 12.1 Å². The van der Waals surface area contributed by atoms with E-state index in [4.69, 9.17) is 10.5 Å². The highest BCUT2D eigenvalue weighted by atomic mass is 79.9. The van der Waals surface area contributed by atoms with Crippen LogP contribution in [-0.2, 0) is 4.74 Å². The first-order valence-corrected chi connectivity index (χ1v) is 6.26. The van der Waals surface area contributed by atoms with Gasteiger partial charge in [-0.2, -0.15) is 0 Å². The molecule has 1 aromatic heterocycles. The minimum Gasteiger partial charge on any atom is -0.374 e. The van der Waals surface area contributed by atoms with E-state index < -0.39 is 0 Å². The summed E-state index contributed by atoms with van der Waals surface area (Å²) in [5.74, 6) is 0. The zero-order valence-electron chi connectivity index (χ0n) is 7.70. The molecule has 0 saturated carbocycles. The molecule has 1 saturated heterocycles. The number of hydrogen-bond donors (Lipinski definition) is 2. The maximum atomic E-state index is 6.11. The van der Waals surface area contributed by atoms with E-state index in [1.807, 2.05) is 5.38 Å². The van der Waals surface area contributed by atoms with Crippen LogP contribution < -0.4 is 11.1 Å². The number of nitrogens with two attached hydrogens (primary N) is 1. The Morgan fingerprint density at radius 1 is 1.71 bits per heavy atom. The second-order valence-corrected chi connectivity index (χ2v) is 5.16. The van der Waals surface area contributed by atoms with Gasteiger partial charge in [0.05, 0.1) is 18.8 Å². The van der Waals surface area contributed by atoms with Crippen molar-refractivity contribution in [3.8, 4) is 0 Å². The van der Waals surface area contributed by atoms with E-state index in [9.17, 15) is 0 Å². The number of ether oxygens (including phenoxy) is 1. The van der Waals surface area contributed by atoms with Crippen LogP contribution in [0.2, 0.25) is 0 Å². The summed E-state index contributed by atoms with van der Waals surface area (Å²) in [4.78, 5) is 1.17. The first kappa shape index (κ1) is 10.6. The van der Waals surface area contributed by atoms with Crippen molar-refractivity contribution in [1.29, 1.82) is 0 Å². The molecule has 2 unspecified atom stereocenters. The van der Waals surface area contributed by atoms with Gasteiger partial charge in [-0.25, -0.2) is 0 Å². The van der Waals surface area contributed by atoms with E-state index >= 15 is 0 Å². The van der Waals surface area contributed by atoms with Crippen LogP contribution in [0.4, 0.5) is 0 Å². The molecule has 3 nitrogen and oxygen atoms in total. The van der Waals surface area contributed by atoms with E-state index in [0.29, 0.717) is 0 Å². The third kappa shape index (κ3) is 2.35. The van der Waals surface area contributed by atoms with Crippen LogP contribution in [0.3, 0.4) is 0 Å². The Kier molecular flexibility index (Phi) is 3.57. The number of hydrogen-bond acceptors (Lipinski definition) is 4. The quantitative estimate of drug-likeness (QED) is 0.861. The van der Waals surface area contributed by atoms with Crippen molar-refractivity contribution in [2.24, 2.45) is 5.73 Å². The Hall–Kier alpha value is 0.0600. The van der Waals surface area contributed by atoms with Crippen LogP contribution in [0.25, 0.3) is 0 Å². The van der Waals surface area contributed by atoms with Gasteiger partial charge in [-0.1, -0.05) is 0 Å². The summed E-state index contributed by atoms with van der Waals surface area (Å²) in [5.41, 5.74) is 6.11. The summed E-state index contributed by atoms with van der Waals surface area (Å²) in [5, 5.41) is 5.33. The average molecular weight is 277 g/mol. The maximum Gasteiger partial charge on any atom is 0.0900 e. The van der Waals surface area contributed by atoms with Crippen molar-refractivity contribution >= 4 is 27.3 Å². The molecule has 0 aromatic carbocycles. The number of nitrogens with one attached hydrogen (secondary N) is 1. The van der Waals surface area contributed by atoms with Crippen molar-refractivity contribution in [2.45, 2.75) is 12.1 Å². The summed E-state index contributed by atoms with van der Waals surface area (Å²) in [7, 11) is 0. The number of rotatable bonds is 2. The van der Waals surface area contributed by atoms with Gasteiger partial charge in [0.2, 0.25) is 0 Å². The molecule has 1 aliphatic heterocycles. The lowest BCUT2D eigenvalue weighted by Gasteiger charge is -2.27. The number of thiophene rings is 1. The van der Waals surface area contributed by atoms with Gasteiger partial charge in [0, 0.05) is 27.8 Å². The first-order chi connectivity index (χ1) is 6.77. The second kappa shape index (κ2) is 4.72. The predicted octanol–water partition coefficient (Wildman–Crippen LogP) is 1.50. The highest BCUT2D eigenvalue weighted by Crippen LogP contribution is 2.27. The lowest BCUT2D eigenvalue weighted by atomic mass is 10.1. The molecule has 0 bridgehead atoms. The predicted molar refractivity (Wildman–Crippen MR) is 61.6 cm³/mol. The molecule has 5 heteroatoms. The molecule has 2 rings (SSSR count). The van der Waals surface area contributed by atoms with Crippen LogP contribution in [-0.4, -0.2) is 25.8 Å². The number of halogens is 1. The molecule has 14 heavy (non-hydrogen) atoms. The Morgan fingerprint density at radius 2 is 2.57 bits per heavy atom. The minimum atomic E-state index is -0.0147. The van der Waals surface area contributed by atoms with Gasteiger partial charge < -0.3 is 15.8 Å². The smallest absolute Gasteiger partial charge is 0.0900 e. The fourth-order valence-corrected chi connectivity index (χ4v) is 3.00. The molecule has 1 fully saturated rings. The summed E-state index contributed by atoms with van der Waals surface area (Å²) in [6, 6.07) is 2.05. The molecule has 0 amide bonds. The van der Waals surface area contributed by atoms with Gasteiger partial charge in [0.25, 0.3) is 0 Å². The number of morpholine rings is 1. The lowest BCUT2D eigenvalue weighted by molar-refractivity contribution is 0.0129. The van der Waals surface area contributed by atoms with E-state index in [0.717, 1.165) is 24.2 Å². The summed E-state index contributed by atoms with van der Waals surface area (Å²) < 4.78 is 6.70. The molecule has 78 valence electrons. The van der Waals surface area contributed by atoms with Crippen molar-refractivity contribution in [2.75, 3.05) is 19.7 Å². The Bertz CT molecular complexity index is 299. The third-order valence-corrected chi connectivity index (χ3v) is 4.07. The van der Waals surface area contributed by atoms with Gasteiger partial charge >= 0.3 is 0 Å². The SMILES string of the molecule is NC(c1cc(Br)cs1)C1CNCCO1. The lowest BCUT2D eigenvalue weighted by Crippen LogP contribution is -2.44. The van der Waals surface area contributed by atoms with Crippen LogP contribution >= 0.6 is 27.3 Å². The third-order valence-electron chi connectivity index (χ3n) is 2.27. The molecule has 0 aliphatic carbocycles. The van der Waals surface area contributed by atoms with Gasteiger partial charge in [-0.3, -0.25) is 0 Å². The van der Waals surface area contributed by atoms with Crippen LogP contribution in [0.15, 0.2) is 15.9 Å². The zero-order valence-corrected chi connectivity index (χ0v) is 10.1. The standard InChI is InChI=1S/C9H13BrN2OS/c10-6-3-8(14-5-6)9(11)7-4-12-1-2-13-7/h3,5,7,9,12H,1-2,4,11H2. The van der Waals surface area contributed by atoms with E-state index in [1.54, 1.807) is 11.3 Å². The van der Waals surface area contributed by atoms with Gasteiger partial charge in [0.1, 0.15) is 0 Å². The van der Waals surface area contributed by atoms with Crippen LogP contribution in [0.5, 0.6) is 0 Å². The molecule has 2 heterocycles. The van der Waals surface area contributed by atoms with Crippen molar-refractivity contribution < 1.29 is 4.74 Å². The molecule has 0 radical (unpaired) electrons. The highest BCUT2D eigenvalue weighted by Gasteiger charge is 2.23. The monoisotopic (exact) mass is 276 g/mol. The van der Waals surface area contributed by atoms with Crippen molar-refractivity contribution in [3.63, 3.8) is 0 Å². The second-order valence-electron chi connectivity index (χ2n) is 3.31. The Morgan fingerprint density at radius 3 is 3.14 bits per heavy atom. The fraction of sp³-hybridized carbons (Fsp3) is 0.556. The zero-order chi connectivity index (χ0) is 9.97. The summed E-state index contributed by atoms with van der Waals surface area (Å²) >= 11 is 5.09. The molecule has 2 atom stereocenters. The molecular weight excluding hydrogens is 264 g/mol. The summed E-state index contributed by atoms with van der Waals surface area (Å²) in [6.45, 7) is 2.53. The molecule has 3 N–H and O–H groups in total. The summed E-state index contributed by atoms with van der Waals surface area (Å²) in [6.07, 6.45) is 0.106. The van der Waals surface area contributed by atoms with E-state index in [2.05, 4.69) is 27.3 Å². The molecule has 1 aromatic rings. The first-order valence-electron chi connectivity index (χ1n) is 4.59. The van der Waals surface area contributed by atoms with Crippen LogP contribution in [0.1, 0.15) is 10.9 Å². The molecule has 1 aliphatic rings. The van der Waals surface area contributed by atoms with Gasteiger partial charge in [-0.15, -0.1) is 11.3 Å². The fourth-order valence-electron chi connectivity index (χ4n) is 1.50. The van der Waals surface area contributed by atoms with Crippen molar-refractivity contribution in [3.05, 3.63) is 20.8 Å². The normalized spacial score (nSPS) is 24.9. The highest BCUT2D eigenvalue weighted by molar-refractivity contribution is 9.10. The minimum absolute atomic E-state index is 0.0147.